The van der Waals surface area contributed by atoms with Gasteiger partial charge in [-0.1, -0.05) is 0 Å². The maximum atomic E-state index is 12.8. The molecule has 5 rings (SSSR count). The number of nitrogens with one attached hydrogen (secondary N) is 2. The third-order valence-corrected chi connectivity index (χ3v) is 7.36. The van der Waals surface area contributed by atoms with Crippen LogP contribution in [0.1, 0.15) is 26.7 Å². The standard InChI is InChI=1S/C23H28N8O3S/c1-23(2,33)12-34-20-27-21(35-29-20)28-22(32)31-10-13-7-15(8-14(13)11-31)30(4)18-16-5-6-25-19(16)26-9-17(18)24-3/h5-6,9,13-15,33H,7-8,10-12H2,1-2,4H3,(H,25,26)(H,27,28,29,32)/t13-,14+,15?. The number of pyridine rings is 1. The van der Waals surface area contributed by atoms with Gasteiger partial charge in [0.05, 0.1) is 17.9 Å². The molecule has 0 spiro atoms. The third-order valence-electron chi connectivity index (χ3n) is 6.75. The van der Waals surface area contributed by atoms with Crippen molar-refractivity contribution in [2.24, 2.45) is 11.8 Å². The van der Waals surface area contributed by atoms with Crippen LogP contribution in [0.5, 0.6) is 6.01 Å². The minimum atomic E-state index is -0.990. The number of nitrogens with zero attached hydrogens (tertiary/aromatic N) is 6. The highest BCUT2D eigenvalue weighted by molar-refractivity contribution is 7.10. The van der Waals surface area contributed by atoms with E-state index in [1.807, 2.05) is 17.2 Å². The molecule has 184 valence electrons. The van der Waals surface area contributed by atoms with E-state index in [1.54, 1.807) is 20.0 Å². The quantitative estimate of drug-likeness (QED) is 0.446. The molecular weight excluding hydrogens is 468 g/mol. The lowest BCUT2D eigenvalue weighted by atomic mass is 10.0. The highest BCUT2D eigenvalue weighted by Crippen LogP contribution is 2.44. The normalized spacial score (nSPS) is 21.7. The van der Waals surface area contributed by atoms with Gasteiger partial charge in [-0.3, -0.25) is 10.3 Å². The van der Waals surface area contributed by atoms with Crippen LogP contribution in [-0.4, -0.2) is 73.7 Å². The van der Waals surface area contributed by atoms with Crippen LogP contribution >= 0.6 is 11.5 Å². The summed E-state index contributed by atoms with van der Waals surface area (Å²) in [4.78, 5) is 32.3. The van der Waals surface area contributed by atoms with E-state index in [2.05, 4.69) is 41.4 Å². The van der Waals surface area contributed by atoms with Crippen molar-refractivity contribution >= 4 is 45.1 Å². The van der Waals surface area contributed by atoms with Gasteiger partial charge < -0.3 is 24.6 Å². The SMILES string of the molecule is [C-]#[N+]c1cnc2[nH]ccc2c1N(C)C1C[C@@H]2CN(C(=O)Nc3nc(OCC(C)(C)O)ns3)C[C@@H]2C1. The molecular formula is C23H28N8O3S. The number of hydrogen-bond acceptors (Lipinski definition) is 8. The Bertz CT molecular complexity index is 1260. The minimum Gasteiger partial charge on any atom is -0.460 e. The fourth-order valence-electron chi connectivity index (χ4n) is 5.10. The number of ether oxygens (including phenoxy) is 1. The lowest BCUT2D eigenvalue weighted by Crippen LogP contribution is -2.36. The highest BCUT2D eigenvalue weighted by atomic mass is 32.1. The predicted molar refractivity (Wildman–Crippen MR) is 133 cm³/mol. The molecule has 12 heteroatoms. The summed E-state index contributed by atoms with van der Waals surface area (Å²) < 4.78 is 9.45. The number of amides is 2. The Morgan fingerprint density at radius 1 is 1.43 bits per heavy atom. The summed E-state index contributed by atoms with van der Waals surface area (Å²) in [5.41, 5.74) is 1.27. The monoisotopic (exact) mass is 496 g/mol. The van der Waals surface area contributed by atoms with E-state index in [1.165, 1.54) is 0 Å². The number of aromatic nitrogens is 4. The Hall–Kier alpha value is -3.43. The largest absolute Gasteiger partial charge is 0.460 e. The van der Waals surface area contributed by atoms with Gasteiger partial charge in [0.25, 0.3) is 0 Å². The van der Waals surface area contributed by atoms with Crippen molar-refractivity contribution in [1.82, 2.24) is 24.2 Å². The van der Waals surface area contributed by atoms with E-state index < -0.39 is 5.60 Å². The molecule has 3 N–H and O–H groups in total. The van der Waals surface area contributed by atoms with Gasteiger partial charge in [-0.05, 0) is 44.6 Å². The first-order chi connectivity index (χ1) is 16.7. The lowest BCUT2D eigenvalue weighted by molar-refractivity contribution is 0.0255. The van der Waals surface area contributed by atoms with Gasteiger partial charge in [-0.15, -0.1) is 4.37 Å². The van der Waals surface area contributed by atoms with E-state index in [-0.39, 0.29) is 18.6 Å². The number of aliphatic hydroxyl groups is 1. The number of fused-ring (bicyclic) bond motifs is 2. The zero-order chi connectivity index (χ0) is 24.7. The summed E-state index contributed by atoms with van der Waals surface area (Å²) in [5, 5.41) is 13.9. The zero-order valence-electron chi connectivity index (χ0n) is 19.9. The number of likely N-dealkylation sites (tertiary alicyclic amines) is 1. The van der Waals surface area contributed by atoms with Crippen LogP contribution in [0, 0.1) is 18.4 Å². The predicted octanol–water partition coefficient (Wildman–Crippen LogP) is 3.49. The van der Waals surface area contributed by atoms with Crippen LogP contribution < -0.4 is 15.0 Å². The van der Waals surface area contributed by atoms with E-state index in [9.17, 15) is 9.90 Å². The topological polar surface area (TPSA) is 124 Å². The molecule has 11 nitrogen and oxygen atoms in total. The molecule has 1 saturated carbocycles. The Balaban J connectivity index is 1.19. The number of aromatic amines is 1. The number of rotatable bonds is 6. The molecule has 3 atom stereocenters. The van der Waals surface area contributed by atoms with Crippen molar-refractivity contribution in [3.8, 4) is 6.01 Å². The van der Waals surface area contributed by atoms with Crippen molar-refractivity contribution in [3.05, 3.63) is 29.9 Å². The fourth-order valence-corrected chi connectivity index (χ4v) is 5.61. The molecule has 0 radical (unpaired) electrons. The Kier molecular flexibility index (Phi) is 5.98. The number of carbonyl (C=O) groups is 1. The van der Waals surface area contributed by atoms with Gasteiger partial charge in [-0.2, -0.15) is 4.98 Å². The third kappa shape index (κ3) is 4.74. The zero-order valence-corrected chi connectivity index (χ0v) is 20.7. The summed E-state index contributed by atoms with van der Waals surface area (Å²) in [7, 11) is 2.06. The molecule has 0 aromatic carbocycles. The molecule has 2 aliphatic rings. The molecule has 1 aliphatic heterocycles. The highest BCUT2D eigenvalue weighted by Gasteiger charge is 2.44. The Morgan fingerprint density at radius 2 is 2.17 bits per heavy atom. The number of urea groups is 1. The smallest absolute Gasteiger partial charge is 0.330 e. The lowest BCUT2D eigenvalue weighted by Gasteiger charge is -2.30. The van der Waals surface area contributed by atoms with Crippen molar-refractivity contribution in [1.29, 1.82) is 0 Å². The van der Waals surface area contributed by atoms with Crippen molar-refractivity contribution in [3.63, 3.8) is 0 Å². The van der Waals surface area contributed by atoms with Crippen LogP contribution in [0.3, 0.4) is 0 Å². The van der Waals surface area contributed by atoms with Gasteiger partial charge in [0.2, 0.25) is 10.8 Å². The molecule has 0 bridgehead atoms. The second-order valence-electron chi connectivity index (χ2n) is 9.92. The van der Waals surface area contributed by atoms with Gasteiger partial charge in [-0.25, -0.2) is 9.64 Å². The van der Waals surface area contributed by atoms with Crippen molar-refractivity contribution in [2.75, 3.05) is 37.0 Å². The second-order valence-corrected chi connectivity index (χ2v) is 10.7. The fraction of sp³-hybridized carbons (Fsp3) is 0.522. The molecule has 1 saturated heterocycles. The molecule has 2 amide bonds. The van der Waals surface area contributed by atoms with E-state index in [4.69, 9.17) is 11.3 Å². The van der Waals surface area contributed by atoms with Gasteiger partial charge in [0, 0.05) is 55.5 Å². The van der Waals surface area contributed by atoms with E-state index in [0.29, 0.717) is 41.8 Å². The average molecular weight is 497 g/mol. The molecule has 1 aliphatic carbocycles. The molecule has 1 unspecified atom stereocenters. The summed E-state index contributed by atoms with van der Waals surface area (Å²) in [6.07, 6.45) is 5.41. The maximum Gasteiger partial charge on any atom is 0.330 e. The number of hydrogen-bond donors (Lipinski definition) is 3. The van der Waals surface area contributed by atoms with Crippen molar-refractivity contribution < 1.29 is 14.6 Å². The first-order valence-corrected chi connectivity index (χ1v) is 12.3. The Morgan fingerprint density at radius 3 is 2.86 bits per heavy atom. The maximum absolute atomic E-state index is 12.8. The van der Waals surface area contributed by atoms with Crippen LogP contribution in [-0.2, 0) is 0 Å². The van der Waals surface area contributed by atoms with E-state index >= 15 is 0 Å². The van der Waals surface area contributed by atoms with Crippen LogP contribution in [0.25, 0.3) is 15.9 Å². The minimum absolute atomic E-state index is 0.0642. The van der Waals surface area contributed by atoms with Crippen LogP contribution in [0.15, 0.2) is 18.5 Å². The number of anilines is 2. The summed E-state index contributed by atoms with van der Waals surface area (Å²) in [6.45, 7) is 12.3. The first kappa shape index (κ1) is 23.3. The van der Waals surface area contributed by atoms with Gasteiger partial charge in [0.15, 0.2) is 0 Å². The second kappa shape index (κ2) is 8.98. The average Bonchev–Trinajstić information content (AvgIpc) is 3.59. The number of carbonyl (C=O) groups excluding carboxylic acids is 1. The van der Waals surface area contributed by atoms with E-state index in [0.717, 1.165) is 41.1 Å². The molecule has 4 heterocycles. The van der Waals surface area contributed by atoms with Gasteiger partial charge in [0.1, 0.15) is 12.3 Å². The van der Waals surface area contributed by atoms with Crippen LogP contribution in [0.4, 0.5) is 21.3 Å². The molecule has 35 heavy (non-hydrogen) atoms. The summed E-state index contributed by atoms with van der Waals surface area (Å²) in [5.74, 6) is 0.821. The molecule has 3 aromatic heterocycles. The first-order valence-electron chi connectivity index (χ1n) is 11.5. The summed E-state index contributed by atoms with van der Waals surface area (Å²) in [6, 6.07) is 2.23. The van der Waals surface area contributed by atoms with Crippen molar-refractivity contribution in [2.45, 2.75) is 38.3 Å². The van der Waals surface area contributed by atoms with Crippen LogP contribution in [0.2, 0.25) is 0 Å². The Labute approximate surface area is 207 Å². The summed E-state index contributed by atoms with van der Waals surface area (Å²) >= 11 is 1.05. The van der Waals surface area contributed by atoms with Gasteiger partial charge >= 0.3 is 12.0 Å². The molecule has 2 fully saturated rings. The molecule has 3 aromatic rings. The number of H-pyrrole nitrogens is 1.